The second-order valence-electron chi connectivity index (χ2n) is 3.22. The van der Waals surface area contributed by atoms with E-state index < -0.39 is 0 Å². The van der Waals surface area contributed by atoms with Crippen molar-refractivity contribution in [2.24, 2.45) is 0 Å². The van der Waals surface area contributed by atoms with Crippen LogP contribution in [0.15, 0.2) is 0 Å². The number of aromatic nitrogens is 2. The van der Waals surface area contributed by atoms with Crippen LogP contribution < -0.4 is 10.6 Å². The Bertz CT molecular complexity index is 338. The van der Waals surface area contributed by atoms with Crippen LogP contribution in [0.1, 0.15) is 19.2 Å². The van der Waals surface area contributed by atoms with E-state index in [-0.39, 0.29) is 11.9 Å². The van der Waals surface area contributed by atoms with Gasteiger partial charge in [-0.25, -0.2) is 4.98 Å². The van der Waals surface area contributed by atoms with E-state index in [1.165, 1.54) is 11.5 Å². The minimum Gasteiger partial charge on any atom is -0.355 e. The lowest BCUT2D eigenvalue weighted by atomic mass is 10.3. The van der Waals surface area contributed by atoms with Crippen molar-refractivity contribution >= 4 is 22.6 Å². The molecule has 1 aliphatic rings. The Morgan fingerprint density at radius 1 is 1.71 bits per heavy atom. The van der Waals surface area contributed by atoms with Gasteiger partial charge in [0.2, 0.25) is 11.0 Å². The average Bonchev–Trinajstić information content (AvgIpc) is 2.76. The molecule has 76 valence electrons. The Kier molecular flexibility index (Phi) is 2.62. The fraction of sp³-hybridized carbons (Fsp3) is 0.625. The number of nitrogens with zero attached hydrogens (tertiary/aromatic N) is 2. The molecule has 1 unspecified atom stereocenters. The molecule has 5 nitrogen and oxygen atoms in total. The lowest BCUT2D eigenvalue weighted by molar-refractivity contribution is -0.119. The minimum absolute atomic E-state index is 0.0998. The predicted molar refractivity (Wildman–Crippen MR) is 54.3 cm³/mol. The summed E-state index contributed by atoms with van der Waals surface area (Å²) in [5.41, 5.74) is 0. The first kappa shape index (κ1) is 9.39. The van der Waals surface area contributed by atoms with Gasteiger partial charge in [-0.15, -0.1) is 0 Å². The van der Waals surface area contributed by atoms with Gasteiger partial charge >= 0.3 is 0 Å². The fourth-order valence-electron chi connectivity index (χ4n) is 1.34. The van der Waals surface area contributed by atoms with Gasteiger partial charge < -0.3 is 10.6 Å². The second kappa shape index (κ2) is 3.91. The molecule has 6 heteroatoms. The molecular weight excluding hydrogens is 200 g/mol. The van der Waals surface area contributed by atoms with Gasteiger partial charge in [0, 0.05) is 30.9 Å². The molecule has 1 aliphatic heterocycles. The third kappa shape index (κ3) is 2.01. The monoisotopic (exact) mass is 212 g/mol. The third-order valence-corrected chi connectivity index (χ3v) is 2.77. The smallest absolute Gasteiger partial charge is 0.222 e. The Morgan fingerprint density at radius 2 is 2.57 bits per heavy atom. The van der Waals surface area contributed by atoms with E-state index >= 15 is 0 Å². The number of hydrogen-bond donors (Lipinski definition) is 2. The van der Waals surface area contributed by atoms with Crippen LogP contribution in [-0.4, -0.2) is 27.9 Å². The van der Waals surface area contributed by atoms with Crippen LogP contribution in [0.5, 0.6) is 0 Å². The van der Waals surface area contributed by atoms with E-state index in [0.29, 0.717) is 13.0 Å². The quantitative estimate of drug-likeness (QED) is 0.761. The molecule has 0 aromatic carbocycles. The largest absolute Gasteiger partial charge is 0.355 e. The van der Waals surface area contributed by atoms with Crippen molar-refractivity contribution in [2.45, 2.75) is 25.8 Å². The number of carbonyl (C=O) groups is 1. The van der Waals surface area contributed by atoms with Gasteiger partial charge in [0.05, 0.1) is 6.04 Å². The molecule has 2 heterocycles. The van der Waals surface area contributed by atoms with Gasteiger partial charge in [-0.3, -0.25) is 4.79 Å². The molecule has 1 aromatic heterocycles. The maximum Gasteiger partial charge on any atom is 0.222 e. The number of hydrogen-bond acceptors (Lipinski definition) is 5. The van der Waals surface area contributed by atoms with E-state index in [1.807, 2.05) is 6.92 Å². The number of aryl methyl sites for hydroxylation is 1. The van der Waals surface area contributed by atoms with Gasteiger partial charge in [-0.05, 0) is 0 Å². The zero-order valence-corrected chi connectivity index (χ0v) is 8.73. The van der Waals surface area contributed by atoms with Crippen molar-refractivity contribution in [2.75, 3.05) is 11.9 Å². The normalized spacial score (nSPS) is 20.9. The lowest BCUT2D eigenvalue weighted by Gasteiger charge is -2.06. The molecule has 1 aromatic rings. The predicted octanol–water partition coefficient (Wildman–Crippen LogP) is 0.401. The highest BCUT2D eigenvalue weighted by molar-refractivity contribution is 7.09. The number of anilines is 1. The lowest BCUT2D eigenvalue weighted by Crippen LogP contribution is -2.22. The van der Waals surface area contributed by atoms with Crippen molar-refractivity contribution in [3.63, 3.8) is 0 Å². The minimum atomic E-state index is 0.0998. The van der Waals surface area contributed by atoms with E-state index in [9.17, 15) is 4.79 Å². The number of rotatable bonds is 3. The first-order valence-electron chi connectivity index (χ1n) is 4.63. The molecule has 0 saturated carbocycles. The van der Waals surface area contributed by atoms with Crippen LogP contribution in [0.3, 0.4) is 0 Å². The molecule has 1 saturated heterocycles. The second-order valence-corrected chi connectivity index (χ2v) is 3.97. The standard InChI is InChI=1S/C8H12N4OS/c1-2-6-11-8(14-12-6)10-5-3-7(13)9-4-5/h5H,2-4H2,1H3,(H,9,13)(H,10,11,12). The van der Waals surface area contributed by atoms with Crippen LogP contribution >= 0.6 is 11.5 Å². The molecule has 0 spiro atoms. The van der Waals surface area contributed by atoms with Crippen molar-refractivity contribution in [1.29, 1.82) is 0 Å². The number of amides is 1. The summed E-state index contributed by atoms with van der Waals surface area (Å²) in [5, 5.41) is 6.76. The van der Waals surface area contributed by atoms with E-state index in [4.69, 9.17) is 0 Å². The molecule has 1 fully saturated rings. The summed E-state index contributed by atoms with van der Waals surface area (Å²) in [6.45, 7) is 2.70. The summed E-state index contributed by atoms with van der Waals surface area (Å²) >= 11 is 1.35. The van der Waals surface area contributed by atoms with Crippen molar-refractivity contribution in [3.8, 4) is 0 Å². The van der Waals surface area contributed by atoms with Crippen molar-refractivity contribution < 1.29 is 4.79 Å². The highest BCUT2D eigenvalue weighted by Gasteiger charge is 2.21. The first-order valence-corrected chi connectivity index (χ1v) is 5.41. The van der Waals surface area contributed by atoms with Gasteiger partial charge in [0.1, 0.15) is 5.82 Å². The molecule has 0 bridgehead atoms. The van der Waals surface area contributed by atoms with Crippen LogP contribution in [0.2, 0.25) is 0 Å². The fourth-order valence-corrected chi connectivity index (χ4v) is 2.07. The van der Waals surface area contributed by atoms with Gasteiger partial charge in [0.25, 0.3) is 0 Å². The molecule has 0 aliphatic carbocycles. The summed E-state index contributed by atoms with van der Waals surface area (Å²) in [6.07, 6.45) is 1.38. The van der Waals surface area contributed by atoms with E-state index in [1.54, 1.807) is 0 Å². The highest BCUT2D eigenvalue weighted by Crippen LogP contribution is 2.14. The average molecular weight is 212 g/mol. The summed E-state index contributed by atoms with van der Waals surface area (Å²) < 4.78 is 4.16. The van der Waals surface area contributed by atoms with Crippen LogP contribution in [0, 0.1) is 0 Å². The molecule has 2 rings (SSSR count). The number of nitrogens with one attached hydrogen (secondary N) is 2. The van der Waals surface area contributed by atoms with Gasteiger partial charge in [-0.1, -0.05) is 6.92 Å². The summed E-state index contributed by atoms with van der Waals surface area (Å²) in [6, 6.07) is 0.167. The first-order chi connectivity index (χ1) is 6.78. The van der Waals surface area contributed by atoms with Crippen molar-refractivity contribution in [3.05, 3.63) is 5.82 Å². The van der Waals surface area contributed by atoms with E-state index in [0.717, 1.165) is 17.4 Å². The van der Waals surface area contributed by atoms with Crippen LogP contribution in [0.4, 0.5) is 5.13 Å². The molecule has 14 heavy (non-hydrogen) atoms. The topological polar surface area (TPSA) is 66.9 Å². The highest BCUT2D eigenvalue weighted by atomic mass is 32.1. The zero-order chi connectivity index (χ0) is 9.97. The Hall–Kier alpha value is -1.17. The van der Waals surface area contributed by atoms with Crippen LogP contribution in [0.25, 0.3) is 0 Å². The van der Waals surface area contributed by atoms with Gasteiger partial charge in [-0.2, -0.15) is 4.37 Å². The SMILES string of the molecule is CCc1nsc(NC2CNC(=O)C2)n1. The maximum absolute atomic E-state index is 10.9. The maximum atomic E-state index is 10.9. The summed E-state index contributed by atoms with van der Waals surface area (Å²) in [7, 11) is 0. The molecule has 1 atom stereocenters. The zero-order valence-electron chi connectivity index (χ0n) is 7.91. The Balaban J connectivity index is 1.93. The molecule has 0 radical (unpaired) electrons. The molecule has 1 amide bonds. The van der Waals surface area contributed by atoms with Gasteiger partial charge in [0.15, 0.2) is 0 Å². The Labute approximate surface area is 86.1 Å². The van der Waals surface area contributed by atoms with Crippen LogP contribution in [-0.2, 0) is 11.2 Å². The van der Waals surface area contributed by atoms with Crippen molar-refractivity contribution in [1.82, 2.24) is 14.7 Å². The Morgan fingerprint density at radius 3 is 3.14 bits per heavy atom. The third-order valence-electron chi connectivity index (χ3n) is 2.09. The van der Waals surface area contributed by atoms with E-state index in [2.05, 4.69) is 20.0 Å². The summed E-state index contributed by atoms with van der Waals surface area (Å²) in [4.78, 5) is 15.2. The number of carbonyl (C=O) groups excluding carboxylic acids is 1. The summed E-state index contributed by atoms with van der Waals surface area (Å²) in [5.74, 6) is 0.956. The molecule has 2 N–H and O–H groups in total. The molecular formula is C8H12N4OS.